The fourth-order valence-corrected chi connectivity index (χ4v) is 5.74. The molecule has 4 aromatic rings. The molecule has 31 heavy (non-hydrogen) atoms. The van der Waals surface area contributed by atoms with E-state index >= 15 is 0 Å². The summed E-state index contributed by atoms with van der Waals surface area (Å²) in [5.41, 5.74) is 1.18. The van der Waals surface area contributed by atoms with Gasteiger partial charge in [0.05, 0.1) is 22.5 Å². The van der Waals surface area contributed by atoms with Crippen LogP contribution in [0.3, 0.4) is 0 Å². The number of rotatable bonds is 7. The van der Waals surface area contributed by atoms with Crippen LogP contribution in [0.4, 0.5) is 10.8 Å². The van der Waals surface area contributed by atoms with Gasteiger partial charge < -0.3 is 4.42 Å². The van der Waals surface area contributed by atoms with Crippen molar-refractivity contribution >= 4 is 53.8 Å². The molecule has 0 unspecified atom stereocenters. The van der Waals surface area contributed by atoms with Gasteiger partial charge in [-0.1, -0.05) is 29.8 Å². The van der Waals surface area contributed by atoms with E-state index in [1.54, 1.807) is 29.6 Å². The van der Waals surface area contributed by atoms with Crippen LogP contribution in [0.2, 0.25) is 5.02 Å². The van der Waals surface area contributed by atoms with Crippen molar-refractivity contribution in [1.82, 2.24) is 4.98 Å². The van der Waals surface area contributed by atoms with E-state index in [-0.39, 0.29) is 15.1 Å². The van der Waals surface area contributed by atoms with Crippen LogP contribution in [-0.4, -0.2) is 21.8 Å². The third kappa shape index (κ3) is 4.74. The molecule has 0 radical (unpaired) electrons. The monoisotopic (exact) mass is 495 g/mol. The molecule has 160 valence electrons. The number of benzene rings is 2. The van der Waals surface area contributed by atoms with Crippen molar-refractivity contribution in [1.29, 1.82) is 0 Å². The van der Waals surface area contributed by atoms with Crippen LogP contribution in [0, 0.1) is 0 Å². The van der Waals surface area contributed by atoms with E-state index in [4.69, 9.17) is 16.0 Å². The first-order chi connectivity index (χ1) is 14.7. The Kier molecular flexibility index (Phi) is 5.75. The number of hydrogen-bond donors (Lipinski definition) is 2. The lowest BCUT2D eigenvalue weighted by Gasteiger charge is -2.11. The molecule has 2 heterocycles. The lowest BCUT2D eigenvalue weighted by atomic mass is 10.1. The number of nitrogens with zero attached hydrogens (tertiary/aromatic N) is 1. The minimum absolute atomic E-state index is 0.0527. The Morgan fingerprint density at radius 1 is 0.871 bits per heavy atom. The Morgan fingerprint density at radius 2 is 1.61 bits per heavy atom. The molecule has 0 amide bonds. The highest BCUT2D eigenvalue weighted by Gasteiger charge is 2.21. The Morgan fingerprint density at radius 3 is 2.32 bits per heavy atom. The summed E-state index contributed by atoms with van der Waals surface area (Å²) in [6, 6.07) is 15.2. The predicted octanol–water partition coefficient (Wildman–Crippen LogP) is 4.66. The van der Waals surface area contributed by atoms with E-state index in [0.29, 0.717) is 22.0 Å². The van der Waals surface area contributed by atoms with Crippen LogP contribution in [0.5, 0.6) is 0 Å². The molecule has 8 nitrogen and oxygen atoms in total. The first-order valence-electron chi connectivity index (χ1n) is 8.64. The standard InChI is InChI=1S/C19H14ClN3O5S3/c20-13-7-9-14(10-8-13)30(24,25)22-16-5-2-1-4-15(16)17-12-29-19(21-17)23-31(26,27)18-6-3-11-28-18/h1-12,22H,(H,21,23). The van der Waals surface area contributed by atoms with Crippen molar-refractivity contribution in [3.63, 3.8) is 0 Å². The molecule has 0 aliphatic heterocycles. The van der Waals surface area contributed by atoms with Gasteiger partial charge in [-0.25, -0.2) is 13.4 Å². The highest BCUT2D eigenvalue weighted by atomic mass is 35.5. The van der Waals surface area contributed by atoms with Crippen LogP contribution in [-0.2, 0) is 20.0 Å². The summed E-state index contributed by atoms with van der Waals surface area (Å²) in [4.78, 5) is 4.34. The molecule has 12 heteroatoms. The van der Waals surface area contributed by atoms with Gasteiger partial charge in [0.2, 0.25) is 5.09 Å². The van der Waals surface area contributed by atoms with E-state index < -0.39 is 20.0 Å². The predicted molar refractivity (Wildman–Crippen MR) is 119 cm³/mol. The summed E-state index contributed by atoms with van der Waals surface area (Å²) < 4.78 is 59.9. The minimum atomic E-state index is -3.91. The Bertz CT molecular complexity index is 1410. The summed E-state index contributed by atoms with van der Waals surface area (Å²) in [6.07, 6.45) is 1.25. The zero-order chi connectivity index (χ0) is 22.1. The SMILES string of the molecule is O=S(=O)(Nc1ccccc1-c1csc(NS(=O)(=O)c2ccco2)n1)c1ccc(Cl)cc1. The van der Waals surface area contributed by atoms with Crippen molar-refractivity contribution in [3.8, 4) is 11.3 Å². The first-order valence-corrected chi connectivity index (χ1v) is 12.9. The molecule has 2 aromatic carbocycles. The fourth-order valence-electron chi connectivity index (χ4n) is 2.64. The van der Waals surface area contributed by atoms with Crippen LogP contribution >= 0.6 is 22.9 Å². The zero-order valence-corrected chi connectivity index (χ0v) is 18.7. The number of nitrogens with one attached hydrogen (secondary N) is 2. The number of hydrogen-bond acceptors (Lipinski definition) is 7. The summed E-state index contributed by atoms with van der Waals surface area (Å²) in [5, 5.41) is 1.92. The van der Waals surface area contributed by atoms with Gasteiger partial charge in [0.1, 0.15) is 0 Å². The highest BCUT2D eigenvalue weighted by Crippen LogP contribution is 2.32. The van der Waals surface area contributed by atoms with E-state index in [1.807, 2.05) is 0 Å². The third-order valence-corrected chi connectivity index (χ3v) is 7.80. The van der Waals surface area contributed by atoms with Gasteiger partial charge >= 0.3 is 0 Å². The molecule has 2 N–H and O–H groups in total. The van der Waals surface area contributed by atoms with E-state index in [1.165, 1.54) is 42.7 Å². The number of furan rings is 1. The number of sulfonamides is 2. The molecule has 2 aromatic heterocycles. The number of thiazole rings is 1. The van der Waals surface area contributed by atoms with Crippen LogP contribution in [0.1, 0.15) is 0 Å². The molecule has 0 aliphatic carbocycles. The van der Waals surface area contributed by atoms with Crippen LogP contribution in [0.25, 0.3) is 11.3 Å². The van der Waals surface area contributed by atoms with E-state index in [2.05, 4.69) is 14.4 Å². The summed E-state index contributed by atoms with van der Waals surface area (Å²) >= 11 is 6.89. The van der Waals surface area contributed by atoms with Gasteiger partial charge in [-0.3, -0.25) is 9.44 Å². The Balaban J connectivity index is 1.62. The highest BCUT2D eigenvalue weighted by molar-refractivity contribution is 7.93. The molecule has 4 rings (SSSR count). The molecular weight excluding hydrogens is 482 g/mol. The van der Waals surface area contributed by atoms with Gasteiger partial charge in [0.25, 0.3) is 20.0 Å². The number of aromatic nitrogens is 1. The summed E-state index contributed by atoms with van der Waals surface area (Å²) in [5.74, 6) is 0. The molecule has 0 saturated heterocycles. The van der Waals surface area contributed by atoms with E-state index in [9.17, 15) is 16.8 Å². The maximum atomic E-state index is 12.7. The summed E-state index contributed by atoms with van der Waals surface area (Å²) in [7, 11) is -7.78. The van der Waals surface area contributed by atoms with Crippen LogP contribution < -0.4 is 9.44 Å². The third-order valence-electron chi connectivity index (χ3n) is 4.06. The van der Waals surface area contributed by atoms with Crippen molar-refractivity contribution in [2.45, 2.75) is 9.99 Å². The lowest BCUT2D eigenvalue weighted by molar-refractivity contribution is 0.452. The Hall–Kier alpha value is -2.86. The molecule has 0 saturated carbocycles. The molecular formula is C19H14ClN3O5S3. The van der Waals surface area contributed by atoms with Gasteiger partial charge in [-0.15, -0.1) is 11.3 Å². The van der Waals surface area contributed by atoms with Gasteiger partial charge in [0.15, 0.2) is 5.13 Å². The average Bonchev–Trinajstić information content (AvgIpc) is 3.41. The maximum Gasteiger partial charge on any atom is 0.297 e. The van der Waals surface area contributed by atoms with Gasteiger partial charge in [0, 0.05) is 16.0 Å². The second kappa shape index (κ2) is 8.35. The maximum absolute atomic E-state index is 12.7. The first kappa shape index (κ1) is 21.4. The second-order valence-corrected chi connectivity index (χ2v) is 10.8. The minimum Gasteiger partial charge on any atom is -0.451 e. The topological polar surface area (TPSA) is 118 Å². The largest absolute Gasteiger partial charge is 0.451 e. The summed E-state index contributed by atoms with van der Waals surface area (Å²) in [6.45, 7) is 0. The smallest absolute Gasteiger partial charge is 0.297 e. The molecule has 0 fully saturated rings. The lowest BCUT2D eigenvalue weighted by Crippen LogP contribution is -2.13. The average molecular weight is 496 g/mol. The molecule has 0 atom stereocenters. The normalized spacial score (nSPS) is 11.9. The van der Waals surface area contributed by atoms with E-state index in [0.717, 1.165) is 11.3 Å². The fraction of sp³-hybridized carbons (Fsp3) is 0. The number of anilines is 2. The second-order valence-electron chi connectivity index (χ2n) is 6.18. The zero-order valence-electron chi connectivity index (χ0n) is 15.5. The number of halogens is 1. The van der Waals surface area contributed by atoms with Crippen molar-refractivity contribution in [2.24, 2.45) is 0 Å². The quantitative estimate of drug-likeness (QED) is 0.385. The van der Waals surface area contributed by atoms with Crippen molar-refractivity contribution in [2.75, 3.05) is 9.44 Å². The molecule has 0 aliphatic rings. The van der Waals surface area contributed by atoms with Crippen molar-refractivity contribution in [3.05, 3.63) is 77.3 Å². The number of para-hydroxylation sites is 1. The van der Waals surface area contributed by atoms with Gasteiger partial charge in [-0.2, -0.15) is 8.42 Å². The Labute approximate surface area is 187 Å². The molecule has 0 spiro atoms. The van der Waals surface area contributed by atoms with Gasteiger partial charge in [-0.05, 0) is 42.5 Å². The molecule has 0 bridgehead atoms. The van der Waals surface area contributed by atoms with Crippen molar-refractivity contribution < 1.29 is 21.3 Å². The van der Waals surface area contributed by atoms with Crippen LogP contribution in [0.15, 0.2) is 86.7 Å².